The van der Waals surface area contributed by atoms with E-state index in [2.05, 4.69) is 9.55 Å². The normalized spacial score (nSPS) is 18.0. The number of aromatic nitrogens is 2. The van der Waals surface area contributed by atoms with Gasteiger partial charge in [-0.3, -0.25) is 0 Å². The summed E-state index contributed by atoms with van der Waals surface area (Å²) in [7, 11) is 0. The fraction of sp³-hybridized carbons (Fsp3) is 0.231. The molecule has 1 atom stereocenters. The number of imidazole rings is 1. The van der Waals surface area contributed by atoms with Gasteiger partial charge in [0.25, 0.3) is 0 Å². The topological polar surface area (TPSA) is 55.1 Å². The minimum Gasteiger partial charge on any atom is -0.478 e. The Morgan fingerprint density at radius 3 is 2.88 bits per heavy atom. The lowest BCUT2D eigenvalue weighted by molar-refractivity contribution is 0.0697. The van der Waals surface area contributed by atoms with Gasteiger partial charge in [0, 0.05) is 18.4 Å². The summed E-state index contributed by atoms with van der Waals surface area (Å²) in [5.74, 6) is -0.862. The van der Waals surface area contributed by atoms with Crippen molar-refractivity contribution in [1.29, 1.82) is 0 Å². The smallest absolute Gasteiger partial charge is 0.335 e. The van der Waals surface area contributed by atoms with Crippen LogP contribution >= 0.6 is 0 Å². The van der Waals surface area contributed by atoms with Gasteiger partial charge in [-0.2, -0.15) is 0 Å². The number of carboxylic acid groups (broad SMARTS) is 1. The van der Waals surface area contributed by atoms with Crippen molar-refractivity contribution in [3.05, 3.63) is 53.6 Å². The Labute approximate surface area is 98.5 Å². The average molecular weight is 228 g/mol. The van der Waals surface area contributed by atoms with Crippen LogP contribution in [0.25, 0.3) is 0 Å². The van der Waals surface area contributed by atoms with Crippen LogP contribution in [-0.2, 0) is 12.8 Å². The summed E-state index contributed by atoms with van der Waals surface area (Å²) in [5.41, 5.74) is 2.76. The Kier molecular flexibility index (Phi) is 2.21. The number of hydrogen-bond acceptors (Lipinski definition) is 2. The van der Waals surface area contributed by atoms with E-state index in [1.54, 1.807) is 18.3 Å². The SMILES string of the molecule is O=C(O)c1ccc2c(c1)CC(n1ccnc1)C2. The lowest BCUT2D eigenvalue weighted by Gasteiger charge is -2.09. The van der Waals surface area contributed by atoms with Crippen LogP contribution in [0.1, 0.15) is 27.5 Å². The van der Waals surface area contributed by atoms with Gasteiger partial charge in [0.05, 0.1) is 11.9 Å². The summed E-state index contributed by atoms with van der Waals surface area (Å²) in [6.07, 6.45) is 7.37. The highest BCUT2D eigenvalue weighted by Crippen LogP contribution is 2.30. The zero-order chi connectivity index (χ0) is 11.8. The molecule has 1 aromatic heterocycles. The zero-order valence-corrected chi connectivity index (χ0v) is 9.21. The Balaban J connectivity index is 1.91. The number of carbonyl (C=O) groups is 1. The van der Waals surface area contributed by atoms with E-state index in [9.17, 15) is 4.79 Å². The second-order valence-electron chi connectivity index (χ2n) is 4.36. The van der Waals surface area contributed by atoms with Gasteiger partial charge >= 0.3 is 5.97 Å². The van der Waals surface area contributed by atoms with Crippen LogP contribution in [0.2, 0.25) is 0 Å². The van der Waals surface area contributed by atoms with Gasteiger partial charge in [0.1, 0.15) is 0 Å². The summed E-state index contributed by atoms with van der Waals surface area (Å²) in [4.78, 5) is 14.9. The Morgan fingerprint density at radius 1 is 1.35 bits per heavy atom. The molecule has 17 heavy (non-hydrogen) atoms. The summed E-state index contributed by atoms with van der Waals surface area (Å²) < 4.78 is 2.08. The van der Waals surface area contributed by atoms with Crippen LogP contribution in [0.5, 0.6) is 0 Å². The van der Waals surface area contributed by atoms with Crippen molar-refractivity contribution in [3.63, 3.8) is 0 Å². The van der Waals surface area contributed by atoms with Crippen molar-refractivity contribution in [1.82, 2.24) is 9.55 Å². The maximum atomic E-state index is 10.9. The molecular formula is C13H12N2O2. The highest BCUT2D eigenvalue weighted by molar-refractivity contribution is 5.88. The van der Waals surface area contributed by atoms with Gasteiger partial charge in [0.15, 0.2) is 0 Å². The molecule has 1 aliphatic rings. The lowest BCUT2D eigenvalue weighted by atomic mass is 10.1. The van der Waals surface area contributed by atoms with E-state index in [1.165, 1.54) is 5.56 Å². The van der Waals surface area contributed by atoms with Gasteiger partial charge in [-0.1, -0.05) is 6.07 Å². The molecule has 1 heterocycles. The quantitative estimate of drug-likeness (QED) is 0.854. The van der Waals surface area contributed by atoms with Crippen molar-refractivity contribution in [2.24, 2.45) is 0 Å². The van der Waals surface area contributed by atoms with Crippen LogP contribution in [0.4, 0.5) is 0 Å². The van der Waals surface area contributed by atoms with E-state index >= 15 is 0 Å². The van der Waals surface area contributed by atoms with E-state index in [4.69, 9.17) is 5.11 Å². The number of fused-ring (bicyclic) bond motifs is 1. The van der Waals surface area contributed by atoms with Gasteiger partial charge in [-0.25, -0.2) is 9.78 Å². The number of nitrogens with zero attached hydrogens (tertiary/aromatic N) is 2. The lowest BCUT2D eigenvalue weighted by Crippen LogP contribution is -2.06. The molecule has 4 heteroatoms. The molecule has 0 bridgehead atoms. The number of aromatic carboxylic acids is 1. The number of rotatable bonds is 2. The minimum absolute atomic E-state index is 0.370. The van der Waals surface area contributed by atoms with E-state index in [1.807, 2.05) is 18.6 Å². The zero-order valence-electron chi connectivity index (χ0n) is 9.21. The fourth-order valence-corrected chi connectivity index (χ4v) is 2.42. The third-order valence-electron chi connectivity index (χ3n) is 3.31. The molecule has 0 amide bonds. The van der Waals surface area contributed by atoms with Crippen molar-refractivity contribution in [2.75, 3.05) is 0 Å². The van der Waals surface area contributed by atoms with Gasteiger partial charge in [-0.15, -0.1) is 0 Å². The van der Waals surface area contributed by atoms with Crippen molar-refractivity contribution in [2.45, 2.75) is 18.9 Å². The molecule has 2 aromatic rings. The molecule has 0 saturated carbocycles. The molecule has 0 fully saturated rings. The fourth-order valence-electron chi connectivity index (χ4n) is 2.42. The third-order valence-corrected chi connectivity index (χ3v) is 3.31. The van der Waals surface area contributed by atoms with Crippen LogP contribution < -0.4 is 0 Å². The standard InChI is InChI=1S/C13H12N2O2/c16-13(17)10-2-1-9-6-12(7-11(9)5-10)15-4-3-14-8-15/h1-5,8,12H,6-7H2,(H,16,17). The van der Waals surface area contributed by atoms with Crippen molar-refractivity contribution >= 4 is 5.97 Å². The summed E-state index contributed by atoms with van der Waals surface area (Å²) in [5, 5.41) is 8.95. The summed E-state index contributed by atoms with van der Waals surface area (Å²) >= 11 is 0. The van der Waals surface area contributed by atoms with Gasteiger partial charge in [0.2, 0.25) is 0 Å². The summed E-state index contributed by atoms with van der Waals surface area (Å²) in [6.45, 7) is 0. The largest absolute Gasteiger partial charge is 0.478 e. The number of benzene rings is 1. The monoisotopic (exact) mass is 228 g/mol. The van der Waals surface area contributed by atoms with E-state index < -0.39 is 5.97 Å². The first kappa shape index (κ1) is 10.1. The van der Waals surface area contributed by atoms with Crippen LogP contribution in [0.15, 0.2) is 36.9 Å². The molecule has 1 N–H and O–H groups in total. The number of hydrogen-bond donors (Lipinski definition) is 1. The maximum Gasteiger partial charge on any atom is 0.335 e. The first-order valence-corrected chi connectivity index (χ1v) is 5.56. The van der Waals surface area contributed by atoms with Crippen LogP contribution in [-0.4, -0.2) is 20.6 Å². The Hall–Kier alpha value is -2.10. The van der Waals surface area contributed by atoms with Gasteiger partial charge in [-0.05, 0) is 36.1 Å². The second kappa shape index (κ2) is 3.73. The van der Waals surface area contributed by atoms with Gasteiger partial charge < -0.3 is 9.67 Å². The highest BCUT2D eigenvalue weighted by atomic mass is 16.4. The Morgan fingerprint density at radius 2 is 2.18 bits per heavy atom. The van der Waals surface area contributed by atoms with E-state index in [0.29, 0.717) is 11.6 Å². The second-order valence-corrected chi connectivity index (χ2v) is 4.36. The molecule has 1 unspecified atom stereocenters. The first-order chi connectivity index (χ1) is 8.24. The third kappa shape index (κ3) is 1.71. The van der Waals surface area contributed by atoms with Crippen molar-refractivity contribution < 1.29 is 9.90 Å². The molecule has 0 aliphatic heterocycles. The van der Waals surface area contributed by atoms with E-state index in [0.717, 1.165) is 18.4 Å². The molecule has 3 rings (SSSR count). The molecule has 0 radical (unpaired) electrons. The molecular weight excluding hydrogens is 216 g/mol. The maximum absolute atomic E-state index is 10.9. The average Bonchev–Trinajstić information content (AvgIpc) is 2.96. The minimum atomic E-state index is -0.862. The molecule has 86 valence electrons. The Bertz CT molecular complexity index is 561. The predicted octanol–water partition coefficient (Wildman–Crippen LogP) is 1.92. The summed E-state index contributed by atoms with van der Waals surface area (Å²) in [6, 6.07) is 5.76. The van der Waals surface area contributed by atoms with Crippen LogP contribution in [0, 0.1) is 0 Å². The first-order valence-electron chi connectivity index (χ1n) is 5.56. The van der Waals surface area contributed by atoms with Crippen molar-refractivity contribution in [3.8, 4) is 0 Å². The molecule has 0 saturated heterocycles. The molecule has 0 spiro atoms. The molecule has 4 nitrogen and oxygen atoms in total. The number of carboxylic acids is 1. The molecule has 1 aromatic carbocycles. The van der Waals surface area contributed by atoms with Crippen LogP contribution in [0.3, 0.4) is 0 Å². The molecule has 1 aliphatic carbocycles. The highest BCUT2D eigenvalue weighted by Gasteiger charge is 2.23. The predicted molar refractivity (Wildman–Crippen MR) is 62.1 cm³/mol. The van der Waals surface area contributed by atoms with E-state index in [-0.39, 0.29) is 0 Å².